The third kappa shape index (κ3) is 4.33. The van der Waals surface area contributed by atoms with Gasteiger partial charge in [-0.2, -0.15) is 13.2 Å². The van der Waals surface area contributed by atoms with E-state index < -0.39 is 35.0 Å². The average Bonchev–Trinajstić information content (AvgIpc) is 2.94. The van der Waals surface area contributed by atoms with E-state index in [9.17, 15) is 32.3 Å². The molecule has 2 N–H and O–H groups in total. The zero-order valence-corrected chi connectivity index (χ0v) is 15.4. The van der Waals surface area contributed by atoms with E-state index in [1.807, 2.05) is 0 Å². The molecule has 0 radical (unpaired) electrons. The highest BCUT2D eigenvalue weighted by molar-refractivity contribution is 6.30. The van der Waals surface area contributed by atoms with Gasteiger partial charge in [-0.3, -0.25) is 14.5 Å². The van der Waals surface area contributed by atoms with Crippen LogP contribution in [0.1, 0.15) is 17.5 Å². The summed E-state index contributed by atoms with van der Waals surface area (Å²) in [6.45, 7) is -0.420. The number of aromatic nitrogens is 1. The maximum atomic E-state index is 13.4. The molecule has 154 valence electrons. The zero-order chi connectivity index (χ0) is 21.4. The van der Waals surface area contributed by atoms with Crippen molar-refractivity contribution in [3.05, 3.63) is 58.5 Å². The second-order valence-electron chi connectivity index (χ2n) is 6.43. The van der Waals surface area contributed by atoms with Gasteiger partial charge in [-0.15, -0.1) is 0 Å². The molecule has 2 aromatic rings. The first-order chi connectivity index (χ1) is 13.5. The second-order valence-corrected chi connectivity index (χ2v) is 6.86. The molecule has 0 unspecified atom stereocenters. The van der Waals surface area contributed by atoms with Crippen molar-refractivity contribution < 1.29 is 32.3 Å². The molecule has 1 aromatic heterocycles. The van der Waals surface area contributed by atoms with E-state index >= 15 is 0 Å². The molecule has 2 heterocycles. The molecule has 0 bridgehead atoms. The summed E-state index contributed by atoms with van der Waals surface area (Å²) in [4.78, 5) is 29.5. The van der Waals surface area contributed by atoms with Gasteiger partial charge in [0.15, 0.2) is 0 Å². The average molecular weight is 432 g/mol. The Morgan fingerprint density at radius 1 is 1.31 bits per heavy atom. The number of nitrogens with zero attached hydrogens (tertiary/aromatic N) is 2. The van der Waals surface area contributed by atoms with E-state index in [2.05, 4.69) is 10.3 Å². The largest absolute Gasteiger partial charge is 0.416 e. The Hall–Kier alpha value is -2.72. The molecule has 6 nitrogen and oxygen atoms in total. The van der Waals surface area contributed by atoms with E-state index in [0.29, 0.717) is 11.6 Å². The summed E-state index contributed by atoms with van der Waals surface area (Å²) in [5, 5.41) is 12.9. The summed E-state index contributed by atoms with van der Waals surface area (Å²) < 4.78 is 52.0. The van der Waals surface area contributed by atoms with E-state index in [1.165, 1.54) is 6.07 Å². The Kier molecular flexibility index (Phi) is 5.50. The van der Waals surface area contributed by atoms with Crippen LogP contribution in [0.4, 0.5) is 23.4 Å². The number of amides is 2. The highest BCUT2D eigenvalue weighted by atomic mass is 35.5. The molecule has 2 amide bonds. The lowest BCUT2D eigenvalue weighted by atomic mass is 10.0. The van der Waals surface area contributed by atoms with Crippen LogP contribution in [0.5, 0.6) is 0 Å². The second kappa shape index (κ2) is 7.60. The maximum Gasteiger partial charge on any atom is 0.416 e. The topological polar surface area (TPSA) is 82.5 Å². The van der Waals surface area contributed by atoms with Gasteiger partial charge in [0.1, 0.15) is 11.6 Å². The number of nitrogens with one attached hydrogen (secondary N) is 1. The monoisotopic (exact) mass is 431 g/mol. The van der Waals surface area contributed by atoms with Crippen molar-refractivity contribution in [3.63, 3.8) is 0 Å². The lowest BCUT2D eigenvalue weighted by Crippen LogP contribution is -2.52. The third-order valence-electron chi connectivity index (χ3n) is 4.40. The van der Waals surface area contributed by atoms with Crippen LogP contribution in [-0.4, -0.2) is 34.1 Å². The summed E-state index contributed by atoms with van der Waals surface area (Å²) in [6, 6.07) is 4.99. The van der Waals surface area contributed by atoms with Crippen molar-refractivity contribution in [1.29, 1.82) is 0 Å². The molecule has 29 heavy (non-hydrogen) atoms. The summed E-state index contributed by atoms with van der Waals surface area (Å²) in [5.74, 6) is -3.11. The molecule has 1 fully saturated rings. The number of hydrogen-bond donors (Lipinski definition) is 2. The van der Waals surface area contributed by atoms with E-state index in [4.69, 9.17) is 11.6 Å². The van der Waals surface area contributed by atoms with Crippen molar-refractivity contribution in [1.82, 2.24) is 10.3 Å². The van der Waals surface area contributed by atoms with Crippen LogP contribution in [0.3, 0.4) is 0 Å². The lowest BCUT2D eigenvalue weighted by Gasteiger charge is -2.21. The van der Waals surface area contributed by atoms with Gasteiger partial charge in [-0.25, -0.2) is 9.37 Å². The van der Waals surface area contributed by atoms with Crippen LogP contribution < -0.4 is 10.2 Å². The van der Waals surface area contributed by atoms with Crippen molar-refractivity contribution in [2.45, 2.75) is 24.7 Å². The summed E-state index contributed by atoms with van der Waals surface area (Å²) in [5.41, 5.74) is -3.19. The Morgan fingerprint density at radius 2 is 2.03 bits per heavy atom. The van der Waals surface area contributed by atoms with Gasteiger partial charge in [0, 0.05) is 30.7 Å². The minimum Gasteiger partial charge on any atom is -0.372 e. The number of pyridine rings is 1. The number of alkyl halides is 3. The summed E-state index contributed by atoms with van der Waals surface area (Å²) in [7, 11) is 0. The molecule has 3 rings (SSSR count). The van der Waals surface area contributed by atoms with Gasteiger partial charge in [-0.1, -0.05) is 11.6 Å². The quantitative estimate of drug-likeness (QED) is 0.576. The number of aliphatic hydroxyl groups is 1. The normalized spacial score (nSPS) is 19.5. The van der Waals surface area contributed by atoms with Gasteiger partial charge in [0.25, 0.3) is 11.8 Å². The SMILES string of the molecule is O=C(NCc1cc(F)cc(Cl)c1)[C@@]1(O)CCN(c2cc(C(F)(F)F)ccn2)C1=O. The van der Waals surface area contributed by atoms with Crippen LogP contribution in [0, 0.1) is 5.82 Å². The van der Waals surface area contributed by atoms with Crippen molar-refractivity contribution in [3.8, 4) is 0 Å². The van der Waals surface area contributed by atoms with Gasteiger partial charge in [-0.05, 0) is 35.9 Å². The third-order valence-corrected chi connectivity index (χ3v) is 4.61. The molecular weight excluding hydrogens is 418 g/mol. The molecule has 0 spiro atoms. The fourth-order valence-electron chi connectivity index (χ4n) is 2.92. The Labute approximate surface area is 167 Å². The molecule has 1 atom stereocenters. The summed E-state index contributed by atoms with van der Waals surface area (Å²) >= 11 is 5.72. The van der Waals surface area contributed by atoms with E-state index in [-0.39, 0.29) is 30.4 Å². The van der Waals surface area contributed by atoms with Crippen LogP contribution in [0.25, 0.3) is 0 Å². The standard InChI is InChI=1S/C18H14ClF4N3O3/c19-12-5-10(6-13(20)8-12)9-25-15(27)17(29)2-4-26(16(17)28)14-7-11(1-3-24-14)18(21,22)23/h1,3,5-8,29H,2,4,9H2,(H,25,27)/t17-/m0/s1. The molecule has 0 aliphatic carbocycles. The van der Waals surface area contributed by atoms with E-state index in [1.54, 1.807) is 0 Å². The Balaban J connectivity index is 1.74. The number of carbonyl (C=O) groups excluding carboxylic acids is 2. The molecule has 1 saturated heterocycles. The zero-order valence-electron chi connectivity index (χ0n) is 14.6. The first-order valence-corrected chi connectivity index (χ1v) is 8.69. The fourth-order valence-corrected chi connectivity index (χ4v) is 3.16. The number of benzene rings is 1. The first kappa shape index (κ1) is 21.0. The van der Waals surface area contributed by atoms with Crippen molar-refractivity contribution in [2.75, 3.05) is 11.4 Å². The van der Waals surface area contributed by atoms with Gasteiger partial charge >= 0.3 is 6.18 Å². The van der Waals surface area contributed by atoms with E-state index in [0.717, 1.165) is 29.3 Å². The van der Waals surface area contributed by atoms with Gasteiger partial charge < -0.3 is 10.4 Å². The van der Waals surface area contributed by atoms with Crippen LogP contribution in [-0.2, 0) is 22.3 Å². The van der Waals surface area contributed by atoms with Crippen molar-refractivity contribution in [2.24, 2.45) is 0 Å². The molecule has 1 aliphatic heterocycles. The van der Waals surface area contributed by atoms with Crippen LogP contribution >= 0.6 is 11.6 Å². The van der Waals surface area contributed by atoms with Crippen LogP contribution in [0.2, 0.25) is 5.02 Å². The minimum absolute atomic E-state index is 0.103. The number of anilines is 1. The molecule has 1 aromatic carbocycles. The number of hydrogen-bond acceptors (Lipinski definition) is 4. The fraction of sp³-hybridized carbons (Fsp3) is 0.278. The highest BCUT2D eigenvalue weighted by Gasteiger charge is 2.52. The predicted molar refractivity (Wildman–Crippen MR) is 94.4 cm³/mol. The Bertz CT molecular complexity index is 949. The molecular formula is C18H14ClF4N3O3. The number of carbonyl (C=O) groups is 2. The van der Waals surface area contributed by atoms with Crippen molar-refractivity contribution >= 4 is 29.2 Å². The maximum absolute atomic E-state index is 13.4. The predicted octanol–water partition coefficient (Wildman–Crippen LogP) is 2.68. The van der Waals surface area contributed by atoms with Crippen LogP contribution in [0.15, 0.2) is 36.5 Å². The molecule has 11 heteroatoms. The summed E-state index contributed by atoms with van der Waals surface area (Å²) in [6.07, 6.45) is -4.10. The number of rotatable bonds is 4. The lowest BCUT2D eigenvalue weighted by molar-refractivity contribution is -0.149. The number of halogens is 5. The smallest absolute Gasteiger partial charge is 0.372 e. The Morgan fingerprint density at radius 3 is 2.69 bits per heavy atom. The first-order valence-electron chi connectivity index (χ1n) is 8.31. The van der Waals surface area contributed by atoms with Gasteiger partial charge in [0.2, 0.25) is 5.60 Å². The minimum atomic E-state index is -4.64. The molecule has 1 aliphatic rings. The highest BCUT2D eigenvalue weighted by Crippen LogP contribution is 2.33. The van der Waals surface area contributed by atoms with Gasteiger partial charge in [0.05, 0.1) is 5.56 Å². The molecule has 0 saturated carbocycles.